The van der Waals surface area contributed by atoms with Crippen LogP contribution in [-0.2, 0) is 9.84 Å². The third kappa shape index (κ3) is 4.30. The average molecular weight is 466 g/mol. The molecule has 0 aliphatic carbocycles. The molecule has 0 spiro atoms. The van der Waals surface area contributed by atoms with Crippen molar-refractivity contribution in [3.63, 3.8) is 0 Å². The maximum Gasteiger partial charge on any atom is 0.318 e. The van der Waals surface area contributed by atoms with E-state index in [1.54, 1.807) is 38.1 Å². The smallest absolute Gasteiger partial charge is 0.318 e. The summed E-state index contributed by atoms with van der Waals surface area (Å²) in [6.07, 6.45) is 3.49. The van der Waals surface area contributed by atoms with Crippen molar-refractivity contribution in [2.45, 2.75) is 36.8 Å². The fraction of sp³-hybridized carbons (Fsp3) is 0.429. The van der Waals surface area contributed by atoms with E-state index in [4.69, 9.17) is 15.9 Å². The van der Waals surface area contributed by atoms with Gasteiger partial charge in [-0.2, -0.15) is 0 Å². The van der Waals surface area contributed by atoms with Crippen molar-refractivity contribution in [2.75, 3.05) is 30.3 Å². The SMILES string of the molecule is CC(C)S(=O)(=O)c1ccc(-c2cnc(N)c(-c3nnc(N4CCC(CN)CC4)o3)n2)cc1.[HH].[HH].[HH].[HH]. The average Bonchev–Trinajstić information content (AvgIpc) is 3.29. The topological polar surface area (TPSA) is 154 Å². The zero-order valence-electron chi connectivity index (χ0n) is 18.1. The van der Waals surface area contributed by atoms with Crippen LogP contribution in [0.4, 0.5) is 11.8 Å². The van der Waals surface area contributed by atoms with E-state index in [-0.39, 0.29) is 28.0 Å². The van der Waals surface area contributed by atoms with Gasteiger partial charge in [-0.25, -0.2) is 18.4 Å². The molecule has 0 atom stereocenters. The fourth-order valence-corrected chi connectivity index (χ4v) is 4.64. The van der Waals surface area contributed by atoms with Gasteiger partial charge in [0.1, 0.15) is 0 Å². The van der Waals surface area contributed by atoms with E-state index in [0.717, 1.165) is 25.9 Å². The van der Waals surface area contributed by atoms with Crippen molar-refractivity contribution in [1.29, 1.82) is 0 Å². The van der Waals surface area contributed by atoms with E-state index in [9.17, 15) is 8.42 Å². The highest BCUT2D eigenvalue weighted by Gasteiger charge is 2.24. The van der Waals surface area contributed by atoms with Crippen LogP contribution in [0.1, 0.15) is 32.4 Å². The number of nitrogen functional groups attached to an aromatic ring is 1. The molecular weight excluding hydrogens is 430 g/mol. The van der Waals surface area contributed by atoms with Crippen molar-refractivity contribution >= 4 is 21.7 Å². The van der Waals surface area contributed by atoms with Gasteiger partial charge in [0.25, 0.3) is 5.89 Å². The van der Waals surface area contributed by atoms with Gasteiger partial charge in [0.15, 0.2) is 21.3 Å². The molecule has 10 nitrogen and oxygen atoms in total. The Bertz CT molecular complexity index is 1200. The molecule has 11 heteroatoms. The zero-order chi connectivity index (χ0) is 22.9. The van der Waals surface area contributed by atoms with Crippen molar-refractivity contribution < 1.29 is 18.5 Å². The second-order valence-corrected chi connectivity index (χ2v) is 10.7. The number of sulfone groups is 1. The van der Waals surface area contributed by atoms with Gasteiger partial charge in [-0.3, -0.25) is 0 Å². The lowest BCUT2D eigenvalue weighted by atomic mass is 9.97. The summed E-state index contributed by atoms with van der Waals surface area (Å²) in [7, 11) is -3.35. The van der Waals surface area contributed by atoms with Gasteiger partial charge in [-0.05, 0) is 51.3 Å². The fourth-order valence-electron chi connectivity index (χ4n) is 3.58. The van der Waals surface area contributed by atoms with Crippen LogP contribution in [0, 0.1) is 5.92 Å². The Balaban J connectivity index is 0.00000306. The monoisotopic (exact) mass is 465 g/mol. The van der Waals surface area contributed by atoms with Crippen LogP contribution >= 0.6 is 0 Å². The first kappa shape index (κ1) is 22.2. The summed E-state index contributed by atoms with van der Waals surface area (Å²) in [5.74, 6) is 0.880. The summed E-state index contributed by atoms with van der Waals surface area (Å²) in [6.45, 7) is 5.60. The molecular formula is C21H35N7O3S. The van der Waals surface area contributed by atoms with Gasteiger partial charge in [-0.15, -0.1) is 5.10 Å². The minimum atomic E-state index is -3.35. The van der Waals surface area contributed by atoms with Crippen LogP contribution in [0.15, 0.2) is 39.8 Å². The summed E-state index contributed by atoms with van der Waals surface area (Å²) in [6, 6.07) is 6.95. The highest BCUT2D eigenvalue weighted by molar-refractivity contribution is 7.92. The lowest BCUT2D eigenvalue weighted by molar-refractivity contribution is 0.396. The summed E-state index contributed by atoms with van der Waals surface area (Å²) < 4.78 is 30.5. The molecule has 1 aliphatic rings. The van der Waals surface area contributed by atoms with Crippen molar-refractivity contribution in [1.82, 2.24) is 20.2 Å². The van der Waals surface area contributed by atoms with Crippen LogP contribution < -0.4 is 16.4 Å². The number of nitrogens with two attached hydrogens (primary N) is 2. The maximum absolute atomic E-state index is 12.3. The molecule has 0 amide bonds. The van der Waals surface area contributed by atoms with Crippen LogP contribution in [0.5, 0.6) is 0 Å². The summed E-state index contributed by atoms with van der Waals surface area (Å²) >= 11 is 0. The van der Waals surface area contributed by atoms with Gasteiger partial charge in [0, 0.05) is 24.4 Å². The number of hydrogen-bond donors (Lipinski definition) is 2. The Morgan fingerprint density at radius 3 is 2.50 bits per heavy atom. The molecule has 2 aromatic heterocycles. The molecule has 1 fully saturated rings. The first-order valence-corrected chi connectivity index (χ1v) is 12.1. The standard InChI is InChI=1S/C21H27N7O3S.4H2/c1-13(2)32(29,30)16-5-3-15(4-6-16)17-12-24-19(23)18(25-17)20-26-27-21(31-20)28-9-7-14(11-22)8-10-28;;;;/h3-6,12-14H,7-11,22H2,1-2H3,(H2,23,24);4*1H. The Kier molecular flexibility index (Phi) is 6.11. The second kappa shape index (κ2) is 8.83. The predicted octanol–water partition coefficient (Wildman–Crippen LogP) is 3.12. The van der Waals surface area contributed by atoms with Crippen molar-refractivity contribution in [3.05, 3.63) is 30.5 Å². The molecule has 178 valence electrons. The van der Waals surface area contributed by atoms with E-state index in [1.807, 2.05) is 4.90 Å². The first-order chi connectivity index (χ1) is 15.3. The van der Waals surface area contributed by atoms with E-state index in [2.05, 4.69) is 20.2 Å². The Morgan fingerprint density at radius 2 is 1.88 bits per heavy atom. The lowest BCUT2D eigenvalue weighted by Crippen LogP contribution is -2.36. The Labute approximate surface area is 192 Å². The predicted molar refractivity (Wildman–Crippen MR) is 130 cm³/mol. The lowest BCUT2D eigenvalue weighted by Gasteiger charge is -2.29. The molecule has 0 unspecified atom stereocenters. The van der Waals surface area contributed by atoms with E-state index in [1.165, 1.54) is 6.20 Å². The molecule has 1 saturated heterocycles. The summed E-state index contributed by atoms with van der Waals surface area (Å²) in [4.78, 5) is 11.1. The van der Waals surface area contributed by atoms with E-state index in [0.29, 0.717) is 29.7 Å². The van der Waals surface area contributed by atoms with Gasteiger partial charge >= 0.3 is 6.01 Å². The van der Waals surface area contributed by atoms with Crippen LogP contribution in [0.25, 0.3) is 22.8 Å². The molecule has 0 saturated carbocycles. The summed E-state index contributed by atoms with van der Waals surface area (Å²) in [5, 5.41) is 7.77. The second-order valence-electron chi connectivity index (χ2n) is 8.16. The van der Waals surface area contributed by atoms with Gasteiger partial charge in [0.05, 0.1) is 22.0 Å². The van der Waals surface area contributed by atoms with Crippen LogP contribution in [0.3, 0.4) is 0 Å². The molecule has 0 bridgehead atoms. The molecule has 3 heterocycles. The zero-order valence-corrected chi connectivity index (χ0v) is 18.9. The van der Waals surface area contributed by atoms with Crippen molar-refractivity contribution in [2.24, 2.45) is 11.7 Å². The molecule has 4 N–H and O–H groups in total. The number of aromatic nitrogens is 4. The third-order valence-electron chi connectivity index (χ3n) is 5.74. The van der Waals surface area contributed by atoms with E-state index < -0.39 is 15.1 Å². The number of rotatable bonds is 6. The molecule has 1 aliphatic heterocycles. The largest absolute Gasteiger partial charge is 0.401 e. The minimum absolute atomic E-state index is 0. The minimum Gasteiger partial charge on any atom is -0.401 e. The molecule has 1 aromatic carbocycles. The molecule has 4 rings (SSSR count). The molecule has 0 radical (unpaired) electrons. The first-order valence-electron chi connectivity index (χ1n) is 10.6. The van der Waals surface area contributed by atoms with Crippen molar-refractivity contribution in [3.8, 4) is 22.8 Å². The number of anilines is 2. The number of hydrogen-bond acceptors (Lipinski definition) is 10. The summed E-state index contributed by atoms with van der Waals surface area (Å²) in [5.41, 5.74) is 13.3. The van der Waals surface area contributed by atoms with Gasteiger partial charge in [-0.1, -0.05) is 17.2 Å². The maximum atomic E-state index is 12.3. The van der Waals surface area contributed by atoms with Crippen LogP contribution in [-0.4, -0.2) is 53.5 Å². The van der Waals surface area contributed by atoms with Gasteiger partial charge < -0.3 is 20.8 Å². The van der Waals surface area contributed by atoms with Gasteiger partial charge in [0.2, 0.25) is 0 Å². The molecule has 3 aromatic rings. The quantitative estimate of drug-likeness (QED) is 0.554. The van der Waals surface area contributed by atoms with Crippen LogP contribution in [0.2, 0.25) is 0 Å². The molecule has 32 heavy (non-hydrogen) atoms. The Morgan fingerprint density at radius 1 is 1.19 bits per heavy atom. The number of benzene rings is 1. The Hall–Kier alpha value is -3.05. The highest BCUT2D eigenvalue weighted by atomic mass is 32.2. The highest BCUT2D eigenvalue weighted by Crippen LogP contribution is 2.29. The number of nitrogens with zero attached hydrogens (tertiary/aromatic N) is 5. The van der Waals surface area contributed by atoms with E-state index >= 15 is 0 Å². The normalized spacial score (nSPS) is 15.4. The third-order valence-corrected chi connectivity index (χ3v) is 7.91. The number of piperidine rings is 1.